The van der Waals surface area contributed by atoms with Crippen LogP contribution in [0.5, 0.6) is 0 Å². The molecule has 12 heavy (non-hydrogen) atoms. The van der Waals surface area contributed by atoms with Gasteiger partial charge in [0.05, 0.1) is 6.10 Å². The van der Waals surface area contributed by atoms with Crippen LogP contribution in [0.2, 0.25) is 0 Å². The fraction of sp³-hybridized carbons (Fsp3) is 0.800. The second-order valence-electron chi connectivity index (χ2n) is 4.03. The quantitative estimate of drug-likeness (QED) is 0.583. The molecule has 3 atom stereocenters. The molecule has 2 N–H and O–H groups in total. The van der Waals surface area contributed by atoms with E-state index in [0.717, 1.165) is 12.0 Å². The Hall–Kier alpha value is -0.340. The highest BCUT2D eigenvalue weighted by molar-refractivity contribution is 5.13. The predicted octanol–water partition coefficient (Wildman–Crippen LogP) is 1.33. The number of aliphatic hydroxyl groups excluding tert-OH is 2. The van der Waals surface area contributed by atoms with Crippen molar-refractivity contribution in [1.29, 1.82) is 0 Å². The molecule has 0 aromatic carbocycles. The van der Waals surface area contributed by atoms with E-state index in [2.05, 4.69) is 13.8 Å². The summed E-state index contributed by atoms with van der Waals surface area (Å²) in [6.45, 7) is 6.02. The molecule has 70 valence electrons. The summed E-state index contributed by atoms with van der Waals surface area (Å²) in [5.41, 5.74) is 0.902. The summed E-state index contributed by atoms with van der Waals surface area (Å²) in [5, 5.41) is 19.2. The normalized spacial score (nSPS) is 36.8. The topological polar surface area (TPSA) is 40.5 Å². The first-order chi connectivity index (χ1) is 5.54. The third-order valence-corrected chi connectivity index (χ3v) is 2.80. The van der Waals surface area contributed by atoms with Gasteiger partial charge in [0.25, 0.3) is 0 Å². The third-order valence-electron chi connectivity index (χ3n) is 2.80. The molecular weight excluding hydrogens is 152 g/mol. The maximum Gasteiger partial charge on any atom is 0.101 e. The second-order valence-corrected chi connectivity index (χ2v) is 4.03. The molecule has 0 radical (unpaired) electrons. The average molecular weight is 170 g/mol. The number of aliphatic hydroxyl groups is 2. The highest BCUT2D eigenvalue weighted by atomic mass is 16.3. The zero-order valence-corrected chi connectivity index (χ0v) is 7.99. The van der Waals surface area contributed by atoms with Crippen LogP contribution in [0.1, 0.15) is 27.2 Å². The summed E-state index contributed by atoms with van der Waals surface area (Å²) in [6, 6.07) is 0. The Morgan fingerprint density at radius 3 is 2.50 bits per heavy atom. The largest absolute Gasteiger partial charge is 0.390 e. The molecule has 0 heterocycles. The number of hydrogen-bond acceptors (Lipinski definition) is 2. The van der Waals surface area contributed by atoms with E-state index in [1.807, 2.05) is 13.0 Å². The van der Waals surface area contributed by atoms with Crippen LogP contribution < -0.4 is 0 Å². The van der Waals surface area contributed by atoms with E-state index in [0.29, 0.717) is 5.92 Å². The van der Waals surface area contributed by atoms with E-state index >= 15 is 0 Å². The molecule has 1 aliphatic carbocycles. The van der Waals surface area contributed by atoms with Gasteiger partial charge in [-0.3, -0.25) is 0 Å². The zero-order chi connectivity index (χ0) is 9.30. The molecule has 0 fully saturated rings. The van der Waals surface area contributed by atoms with Gasteiger partial charge in [0.15, 0.2) is 0 Å². The Morgan fingerprint density at radius 2 is 2.00 bits per heavy atom. The lowest BCUT2D eigenvalue weighted by atomic mass is 9.79. The molecule has 0 saturated heterocycles. The Labute approximate surface area is 73.9 Å². The van der Waals surface area contributed by atoms with Crippen molar-refractivity contribution >= 4 is 0 Å². The summed E-state index contributed by atoms with van der Waals surface area (Å²) in [5.74, 6) is 0.641. The molecule has 0 saturated carbocycles. The van der Waals surface area contributed by atoms with Crippen LogP contribution in [0.3, 0.4) is 0 Å². The zero-order valence-electron chi connectivity index (χ0n) is 7.99. The fourth-order valence-electron chi connectivity index (χ4n) is 1.75. The highest BCUT2D eigenvalue weighted by Crippen LogP contribution is 2.29. The molecule has 0 aromatic heterocycles. The number of allylic oxidation sites excluding steroid dienone is 1. The highest BCUT2D eigenvalue weighted by Gasteiger charge is 2.31. The van der Waals surface area contributed by atoms with Crippen molar-refractivity contribution in [2.75, 3.05) is 0 Å². The van der Waals surface area contributed by atoms with E-state index in [-0.39, 0.29) is 5.92 Å². The molecule has 2 heteroatoms. The summed E-state index contributed by atoms with van der Waals surface area (Å²) >= 11 is 0. The first-order valence-corrected chi connectivity index (χ1v) is 4.56. The summed E-state index contributed by atoms with van der Waals surface area (Å²) in [4.78, 5) is 0. The molecule has 2 nitrogen and oxygen atoms in total. The summed E-state index contributed by atoms with van der Waals surface area (Å²) in [7, 11) is 0. The van der Waals surface area contributed by atoms with Crippen LogP contribution in [-0.4, -0.2) is 22.4 Å². The van der Waals surface area contributed by atoms with Crippen molar-refractivity contribution in [3.63, 3.8) is 0 Å². The van der Waals surface area contributed by atoms with E-state index in [1.165, 1.54) is 0 Å². The maximum atomic E-state index is 9.69. The van der Waals surface area contributed by atoms with Crippen LogP contribution in [0.4, 0.5) is 0 Å². The van der Waals surface area contributed by atoms with Crippen molar-refractivity contribution in [2.45, 2.75) is 39.4 Å². The smallest absolute Gasteiger partial charge is 0.101 e. The van der Waals surface area contributed by atoms with Gasteiger partial charge in [-0.15, -0.1) is 0 Å². The summed E-state index contributed by atoms with van der Waals surface area (Å²) in [6.07, 6.45) is 1.70. The molecule has 1 aliphatic rings. The van der Waals surface area contributed by atoms with Crippen molar-refractivity contribution in [2.24, 2.45) is 11.8 Å². The van der Waals surface area contributed by atoms with E-state index in [4.69, 9.17) is 0 Å². The third kappa shape index (κ3) is 1.70. The summed E-state index contributed by atoms with van der Waals surface area (Å²) < 4.78 is 0. The minimum Gasteiger partial charge on any atom is -0.390 e. The molecule has 1 rings (SSSR count). The molecule has 0 spiro atoms. The maximum absolute atomic E-state index is 9.69. The monoisotopic (exact) mass is 170 g/mol. The van der Waals surface area contributed by atoms with Crippen LogP contribution in [0.15, 0.2) is 11.6 Å². The van der Waals surface area contributed by atoms with Crippen LogP contribution >= 0.6 is 0 Å². The Kier molecular flexibility index (Phi) is 2.91. The standard InChI is InChI=1S/C10H18O2/c1-6(2)8-5-4-7(3)9(11)10(8)12/h4,6,8-12H,5H2,1-3H3/t8-,9+,10-/m0/s1. The lowest BCUT2D eigenvalue weighted by Gasteiger charge is -2.33. The Balaban J connectivity index is 2.73. The first-order valence-electron chi connectivity index (χ1n) is 4.56. The minimum atomic E-state index is -0.647. The molecule has 0 aromatic rings. The van der Waals surface area contributed by atoms with Crippen molar-refractivity contribution in [3.8, 4) is 0 Å². The van der Waals surface area contributed by atoms with Crippen LogP contribution in [0.25, 0.3) is 0 Å². The van der Waals surface area contributed by atoms with Gasteiger partial charge >= 0.3 is 0 Å². The van der Waals surface area contributed by atoms with Gasteiger partial charge in [0.2, 0.25) is 0 Å². The fourth-order valence-corrected chi connectivity index (χ4v) is 1.75. The van der Waals surface area contributed by atoms with Crippen molar-refractivity contribution in [3.05, 3.63) is 11.6 Å². The van der Waals surface area contributed by atoms with E-state index in [1.54, 1.807) is 0 Å². The van der Waals surface area contributed by atoms with Gasteiger partial charge in [-0.2, -0.15) is 0 Å². The van der Waals surface area contributed by atoms with Gasteiger partial charge < -0.3 is 10.2 Å². The second kappa shape index (κ2) is 3.58. The lowest BCUT2D eigenvalue weighted by Crippen LogP contribution is -2.39. The lowest BCUT2D eigenvalue weighted by molar-refractivity contribution is -0.0184. The Bertz CT molecular complexity index is 184. The van der Waals surface area contributed by atoms with Gasteiger partial charge in [-0.1, -0.05) is 19.9 Å². The average Bonchev–Trinajstić information content (AvgIpc) is 2.00. The number of hydrogen-bond donors (Lipinski definition) is 2. The molecule has 0 amide bonds. The van der Waals surface area contributed by atoms with Gasteiger partial charge in [-0.25, -0.2) is 0 Å². The van der Waals surface area contributed by atoms with E-state index < -0.39 is 12.2 Å². The van der Waals surface area contributed by atoms with Gasteiger partial charge in [0, 0.05) is 0 Å². The first kappa shape index (κ1) is 9.75. The van der Waals surface area contributed by atoms with E-state index in [9.17, 15) is 10.2 Å². The van der Waals surface area contributed by atoms with Crippen LogP contribution in [0, 0.1) is 11.8 Å². The van der Waals surface area contributed by atoms with Gasteiger partial charge in [0.1, 0.15) is 6.10 Å². The predicted molar refractivity (Wildman–Crippen MR) is 48.7 cm³/mol. The molecule has 0 bridgehead atoms. The van der Waals surface area contributed by atoms with Gasteiger partial charge in [-0.05, 0) is 30.8 Å². The Morgan fingerprint density at radius 1 is 1.42 bits per heavy atom. The van der Waals surface area contributed by atoms with Crippen LogP contribution in [-0.2, 0) is 0 Å². The van der Waals surface area contributed by atoms with Crippen molar-refractivity contribution < 1.29 is 10.2 Å². The molecular formula is C10H18O2. The minimum absolute atomic E-state index is 0.212. The molecule has 0 unspecified atom stereocenters. The SMILES string of the molecule is CC1=CC[C@@H](C(C)C)[C@H](O)[C@@H]1O. The molecule has 0 aliphatic heterocycles. The number of rotatable bonds is 1. The van der Waals surface area contributed by atoms with Crippen molar-refractivity contribution in [1.82, 2.24) is 0 Å².